The molecule has 5 heteroatoms. The van der Waals surface area contributed by atoms with Gasteiger partial charge < -0.3 is 9.47 Å². The highest BCUT2D eigenvalue weighted by atomic mass is 16.6. The maximum Gasteiger partial charge on any atom is 0.415 e. The molecule has 0 saturated heterocycles. The average molecular weight is 285 g/mol. The summed E-state index contributed by atoms with van der Waals surface area (Å²) in [5, 5.41) is 0. The summed E-state index contributed by atoms with van der Waals surface area (Å²) in [6.45, 7) is 2.00. The van der Waals surface area contributed by atoms with Crippen molar-refractivity contribution in [3.05, 3.63) is 35.9 Å². The highest BCUT2D eigenvalue weighted by molar-refractivity contribution is 5.95. The smallest absolute Gasteiger partial charge is 0.415 e. The lowest BCUT2D eigenvalue weighted by atomic mass is 10.0. The number of hydrogen-bond acceptors (Lipinski definition) is 4. The van der Waals surface area contributed by atoms with E-state index in [2.05, 4.69) is 16.6 Å². The molecular formula is C16H15NO4. The molecule has 0 radical (unpaired) electrons. The van der Waals surface area contributed by atoms with Gasteiger partial charge in [-0.1, -0.05) is 30.2 Å². The number of rotatable bonds is 1. The van der Waals surface area contributed by atoms with E-state index in [0.717, 1.165) is 5.56 Å². The van der Waals surface area contributed by atoms with Crippen LogP contribution in [0.5, 0.6) is 0 Å². The van der Waals surface area contributed by atoms with Crippen LogP contribution in [0.4, 0.5) is 10.5 Å². The van der Waals surface area contributed by atoms with Gasteiger partial charge in [-0.2, -0.15) is 0 Å². The van der Waals surface area contributed by atoms with Crippen LogP contribution in [-0.2, 0) is 14.3 Å². The molecule has 21 heavy (non-hydrogen) atoms. The van der Waals surface area contributed by atoms with E-state index in [0.29, 0.717) is 5.69 Å². The molecule has 1 aromatic carbocycles. The molecule has 1 aliphatic heterocycles. The number of ether oxygens (including phenoxy) is 2. The third-order valence-electron chi connectivity index (χ3n) is 2.90. The molecule has 108 valence electrons. The first-order chi connectivity index (χ1) is 10.2. The molecule has 0 fully saturated rings. The number of para-hydroxylation sites is 1. The summed E-state index contributed by atoms with van der Waals surface area (Å²) in [4.78, 5) is 24.7. The highest BCUT2D eigenvalue weighted by Gasteiger charge is 2.27. The van der Waals surface area contributed by atoms with Crippen LogP contribution >= 0.6 is 0 Å². The first kappa shape index (κ1) is 14.7. The Labute approximate surface area is 123 Å². The van der Waals surface area contributed by atoms with Crippen molar-refractivity contribution in [1.82, 2.24) is 0 Å². The molecule has 1 aliphatic rings. The fourth-order valence-corrected chi connectivity index (χ4v) is 1.98. The summed E-state index contributed by atoms with van der Waals surface area (Å²) in [6, 6.07) is 6.84. The van der Waals surface area contributed by atoms with Gasteiger partial charge in [-0.25, -0.2) is 9.59 Å². The molecule has 1 atom stereocenters. The normalized spacial score (nSPS) is 15.5. The summed E-state index contributed by atoms with van der Waals surface area (Å²) in [6.07, 6.45) is 3.11. The molecule has 0 aliphatic carbocycles. The van der Waals surface area contributed by atoms with Crippen LogP contribution in [0.3, 0.4) is 0 Å². The van der Waals surface area contributed by atoms with Crippen LogP contribution < -0.4 is 4.90 Å². The Hall–Kier alpha value is -2.74. The fourth-order valence-electron chi connectivity index (χ4n) is 1.98. The second kappa shape index (κ2) is 6.62. The Morgan fingerprint density at radius 2 is 2.10 bits per heavy atom. The number of methoxy groups -OCH3 is 1. The van der Waals surface area contributed by atoms with Crippen LogP contribution in [-0.4, -0.2) is 31.8 Å². The van der Waals surface area contributed by atoms with Crippen molar-refractivity contribution >= 4 is 23.8 Å². The minimum absolute atomic E-state index is 0.262. The number of fused-ring (bicyclic) bond motifs is 1. The zero-order valence-electron chi connectivity index (χ0n) is 11.8. The van der Waals surface area contributed by atoms with Gasteiger partial charge in [0.1, 0.15) is 6.04 Å². The van der Waals surface area contributed by atoms with E-state index in [9.17, 15) is 9.59 Å². The predicted octanol–water partition coefficient (Wildman–Crippen LogP) is 2.22. The van der Waals surface area contributed by atoms with Crippen molar-refractivity contribution in [1.29, 1.82) is 0 Å². The van der Waals surface area contributed by atoms with Crippen LogP contribution in [0, 0.1) is 11.8 Å². The summed E-state index contributed by atoms with van der Waals surface area (Å²) < 4.78 is 9.55. The summed E-state index contributed by atoms with van der Waals surface area (Å²) in [5.74, 6) is 4.42. The molecule has 1 aromatic rings. The third-order valence-corrected chi connectivity index (χ3v) is 2.90. The first-order valence-electron chi connectivity index (χ1n) is 6.50. The number of carbonyl (C=O) groups is 2. The lowest BCUT2D eigenvalue weighted by Crippen LogP contribution is -2.41. The van der Waals surface area contributed by atoms with Crippen molar-refractivity contribution in [3.63, 3.8) is 0 Å². The van der Waals surface area contributed by atoms with Gasteiger partial charge in [0.25, 0.3) is 0 Å². The van der Waals surface area contributed by atoms with E-state index in [1.54, 1.807) is 13.0 Å². The van der Waals surface area contributed by atoms with Gasteiger partial charge in [0, 0.05) is 5.92 Å². The number of carbonyl (C=O) groups excluding carboxylic acids is 2. The molecule has 0 saturated carbocycles. The van der Waals surface area contributed by atoms with Crippen molar-refractivity contribution in [3.8, 4) is 11.8 Å². The van der Waals surface area contributed by atoms with Gasteiger partial charge in [-0.15, -0.1) is 0 Å². The quantitative estimate of drug-likeness (QED) is 0.451. The maximum absolute atomic E-state index is 12.2. The van der Waals surface area contributed by atoms with Gasteiger partial charge in [0.05, 0.1) is 19.4 Å². The number of benzene rings is 1. The minimum atomic E-state index is -0.647. The van der Waals surface area contributed by atoms with Crippen LogP contribution in [0.15, 0.2) is 30.3 Å². The SMILES string of the molecule is CCOC(=O)N1c2ccccc2C=C[C@H]1C#CC(=O)OC. The van der Waals surface area contributed by atoms with E-state index in [4.69, 9.17) is 4.74 Å². The number of amides is 1. The van der Waals surface area contributed by atoms with Gasteiger partial charge in [0.2, 0.25) is 0 Å². The number of esters is 1. The van der Waals surface area contributed by atoms with Crippen LogP contribution in [0.25, 0.3) is 6.08 Å². The van der Waals surface area contributed by atoms with Crippen molar-refractivity contribution < 1.29 is 19.1 Å². The summed E-state index contributed by atoms with van der Waals surface area (Å²) in [5.41, 5.74) is 1.59. The Morgan fingerprint density at radius 1 is 1.33 bits per heavy atom. The third kappa shape index (κ3) is 3.23. The highest BCUT2D eigenvalue weighted by Crippen LogP contribution is 2.29. The zero-order valence-corrected chi connectivity index (χ0v) is 11.8. The van der Waals surface area contributed by atoms with Gasteiger partial charge in [-0.05, 0) is 24.6 Å². The monoisotopic (exact) mass is 285 g/mol. The maximum atomic E-state index is 12.2. The fraction of sp³-hybridized carbons (Fsp3) is 0.250. The molecule has 0 bridgehead atoms. The van der Waals surface area contributed by atoms with Gasteiger partial charge >= 0.3 is 12.1 Å². The molecular weight excluding hydrogens is 270 g/mol. The number of nitrogens with zero attached hydrogens (tertiary/aromatic N) is 1. The second-order valence-electron chi connectivity index (χ2n) is 4.19. The molecule has 2 rings (SSSR count). The Kier molecular flexibility index (Phi) is 4.62. The average Bonchev–Trinajstić information content (AvgIpc) is 2.52. The van der Waals surface area contributed by atoms with Crippen molar-refractivity contribution in [2.75, 3.05) is 18.6 Å². The van der Waals surface area contributed by atoms with E-state index >= 15 is 0 Å². The predicted molar refractivity (Wildman–Crippen MR) is 78.6 cm³/mol. The van der Waals surface area contributed by atoms with E-state index < -0.39 is 18.1 Å². The minimum Gasteiger partial charge on any atom is -0.459 e. The molecule has 0 spiro atoms. The Balaban J connectivity index is 2.38. The first-order valence-corrected chi connectivity index (χ1v) is 6.50. The van der Waals surface area contributed by atoms with Crippen LogP contribution in [0.2, 0.25) is 0 Å². The molecule has 5 nitrogen and oxygen atoms in total. The summed E-state index contributed by atoms with van der Waals surface area (Å²) >= 11 is 0. The Bertz CT molecular complexity index is 639. The number of anilines is 1. The van der Waals surface area contributed by atoms with E-state index in [1.807, 2.05) is 30.3 Å². The number of hydrogen-bond donors (Lipinski definition) is 0. The lowest BCUT2D eigenvalue weighted by Gasteiger charge is -2.29. The van der Waals surface area contributed by atoms with E-state index in [1.165, 1.54) is 12.0 Å². The largest absolute Gasteiger partial charge is 0.459 e. The zero-order chi connectivity index (χ0) is 15.2. The molecule has 1 amide bonds. The second-order valence-corrected chi connectivity index (χ2v) is 4.19. The molecule has 0 unspecified atom stereocenters. The molecule has 1 heterocycles. The lowest BCUT2D eigenvalue weighted by molar-refractivity contribution is -0.133. The molecule has 0 aromatic heterocycles. The van der Waals surface area contributed by atoms with Gasteiger partial charge in [-0.3, -0.25) is 4.90 Å². The Morgan fingerprint density at radius 3 is 2.81 bits per heavy atom. The van der Waals surface area contributed by atoms with Crippen molar-refractivity contribution in [2.24, 2.45) is 0 Å². The van der Waals surface area contributed by atoms with Gasteiger partial charge in [0.15, 0.2) is 0 Å². The van der Waals surface area contributed by atoms with Crippen LogP contribution in [0.1, 0.15) is 12.5 Å². The molecule has 0 N–H and O–H groups in total. The van der Waals surface area contributed by atoms with E-state index in [-0.39, 0.29) is 6.61 Å². The topological polar surface area (TPSA) is 55.8 Å². The van der Waals surface area contributed by atoms with Crippen molar-refractivity contribution in [2.45, 2.75) is 13.0 Å². The summed E-state index contributed by atoms with van der Waals surface area (Å²) in [7, 11) is 1.26. The standard InChI is InChI=1S/C16H15NO4/c1-3-21-16(19)17-13(10-11-15(18)20-2)9-8-12-6-4-5-7-14(12)17/h4-9,13H,3H2,1-2H3/t13-/m0/s1.